The first kappa shape index (κ1) is 25.8. The van der Waals surface area contributed by atoms with E-state index in [2.05, 4.69) is 5.90 Å². The smallest absolute Gasteiger partial charge is 0.373 e. The van der Waals surface area contributed by atoms with E-state index < -0.39 is 0 Å². The van der Waals surface area contributed by atoms with Gasteiger partial charge < -0.3 is 16.3 Å². The van der Waals surface area contributed by atoms with Crippen LogP contribution in [0.5, 0.6) is 0 Å². The third-order valence-electron chi connectivity index (χ3n) is 0. The molecule has 0 aliphatic heterocycles. The van der Waals surface area contributed by atoms with Gasteiger partial charge in [-0.3, -0.25) is 4.91 Å². The zero-order valence-electron chi connectivity index (χ0n) is 3.77. The second-order valence-corrected chi connectivity index (χ2v) is 0.0894. The molecular weight excluding hydrogens is 130 g/mol. The molecular formula is H4ClN4NaO. The molecule has 0 spiro atoms. The van der Waals surface area contributed by atoms with Gasteiger partial charge in [-0.05, 0) is 0 Å². The van der Waals surface area contributed by atoms with Crippen LogP contribution < -0.4 is 35.5 Å². The molecule has 0 unspecified atom stereocenters. The monoisotopic (exact) mass is 134 g/mol. The number of hydrogen-bond acceptors (Lipinski definition) is 2. The second kappa shape index (κ2) is 86.0. The minimum Gasteiger partial charge on any atom is -0.373 e. The van der Waals surface area contributed by atoms with Crippen LogP contribution in [0.25, 0.3) is 16.0 Å². The van der Waals surface area contributed by atoms with Crippen LogP contribution in [0.1, 0.15) is 0 Å². The summed E-state index contributed by atoms with van der Waals surface area (Å²) in [5.74, 6) is 3.50. The van der Waals surface area contributed by atoms with Gasteiger partial charge in [-0.25, -0.2) is 5.90 Å². The van der Waals surface area contributed by atoms with Crippen molar-refractivity contribution in [3.63, 3.8) is 0 Å². The van der Waals surface area contributed by atoms with Crippen LogP contribution in [0.15, 0.2) is 0 Å². The van der Waals surface area contributed by atoms with Crippen LogP contribution in [-0.4, -0.2) is 5.21 Å². The number of rotatable bonds is 0. The van der Waals surface area contributed by atoms with Crippen LogP contribution in [0, 0.1) is 0 Å². The summed E-state index contributed by atoms with van der Waals surface area (Å²) < 4.78 is 0. The Morgan fingerprint density at radius 2 is 1.29 bits per heavy atom. The molecule has 0 bridgehead atoms. The molecule has 0 rings (SSSR count). The summed E-state index contributed by atoms with van der Waals surface area (Å²) in [5, 5.41) is 6.50. The summed E-state index contributed by atoms with van der Waals surface area (Å²) in [4.78, 5) is 1.50. The van der Waals surface area contributed by atoms with E-state index in [1.807, 2.05) is 0 Å². The Kier molecular flexibility index (Phi) is 317. The molecule has 7 heteroatoms. The molecule has 0 aromatic heterocycles. The van der Waals surface area contributed by atoms with E-state index in [1.165, 1.54) is 4.91 Å². The number of hydrogen-bond donors (Lipinski definition) is 2. The summed E-state index contributed by atoms with van der Waals surface area (Å²) >= 11 is 0. The van der Waals surface area contributed by atoms with Gasteiger partial charge in [0.1, 0.15) is 0 Å². The van der Waals surface area contributed by atoms with Crippen molar-refractivity contribution >= 4 is 12.4 Å². The van der Waals surface area contributed by atoms with Gasteiger partial charge in [0.15, 0.2) is 0 Å². The third kappa shape index (κ3) is 493. The van der Waals surface area contributed by atoms with Crippen molar-refractivity contribution < 1.29 is 34.8 Å². The summed E-state index contributed by atoms with van der Waals surface area (Å²) in [6, 6.07) is 0. The molecule has 0 amide bonds. The third-order valence-corrected chi connectivity index (χ3v) is 0. The molecule has 3 N–H and O–H groups in total. The molecule has 0 saturated heterocycles. The minimum absolute atomic E-state index is 0. The molecule has 0 aromatic rings. The average Bonchev–Trinajstić information content (AvgIpc) is 1.46. The number of halogens is 1. The van der Waals surface area contributed by atoms with Crippen molar-refractivity contribution in [2.75, 3.05) is 0 Å². The Balaban J connectivity index is -0.0000000105. The summed E-state index contributed by atoms with van der Waals surface area (Å²) in [7, 11) is 0. The van der Waals surface area contributed by atoms with E-state index in [9.17, 15) is 0 Å². The fourth-order valence-electron chi connectivity index (χ4n) is 0. The molecule has 0 atom stereocenters. The van der Waals surface area contributed by atoms with E-state index in [4.69, 9.17) is 16.3 Å². The molecule has 0 radical (unpaired) electrons. The number of nitrogens with two attached hydrogens (primary N) is 1. The summed E-state index contributed by atoms with van der Waals surface area (Å²) in [6.45, 7) is 0. The molecule has 0 aromatic carbocycles. The Morgan fingerprint density at radius 3 is 1.29 bits per heavy atom. The normalized spacial score (nSPS) is 2.00. The molecule has 0 saturated carbocycles. The van der Waals surface area contributed by atoms with Crippen molar-refractivity contribution in [3.8, 4) is 0 Å². The van der Waals surface area contributed by atoms with Crippen molar-refractivity contribution in [1.29, 1.82) is 0 Å². The molecule has 0 fully saturated rings. The maximum absolute atomic E-state index is 6.75. The van der Waals surface area contributed by atoms with E-state index in [-0.39, 0.29) is 42.0 Å². The Labute approximate surface area is 69.0 Å². The Bertz CT molecular complexity index is 32.7. The zero-order chi connectivity index (χ0) is 4.71. The predicted molar refractivity (Wildman–Crippen MR) is 23.3 cm³/mol. The maximum atomic E-state index is 6.75. The second-order valence-electron chi connectivity index (χ2n) is 0.0894. The summed E-state index contributed by atoms with van der Waals surface area (Å²) in [5.41, 5.74) is 13.5. The fourth-order valence-corrected chi connectivity index (χ4v) is 0. The van der Waals surface area contributed by atoms with E-state index in [1.54, 1.807) is 0 Å². The summed E-state index contributed by atoms with van der Waals surface area (Å²) in [6.07, 6.45) is 0. The maximum Gasteiger partial charge on any atom is 1.00 e. The van der Waals surface area contributed by atoms with Crippen LogP contribution in [0.4, 0.5) is 0 Å². The predicted octanol–water partition coefficient (Wildman–Crippen LogP) is -2.37. The molecule has 0 heterocycles. The molecule has 38 valence electrons. The minimum atomic E-state index is 0. The average molecular weight is 135 g/mol. The largest absolute Gasteiger partial charge is 1.00 e. The van der Waals surface area contributed by atoms with Gasteiger partial charge in [0, 0.05) is 0 Å². The van der Waals surface area contributed by atoms with Gasteiger partial charge in [0.25, 0.3) is 0 Å². The first-order valence-electron chi connectivity index (χ1n) is 0.658. The van der Waals surface area contributed by atoms with E-state index in [0.29, 0.717) is 0 Å². The van der Waals surface area contributed by atoms with Crippen molar-refractivity contribution in [1.82, 2.24) is 0 Å². The van der Waals surface area contributed by atoms with Gasteiger partial charge in [0.05, 0.1) is 0 Å². The van der Waals surface area contributed by atoms with Gasteiger partial charge in [-0.15, -0.1) is 12.4 Å². The van der Waals surface area contributed by atoms with Crippen molar-refractivity contribution in [3.05, 3.63) is 16.0 Å². The molecule has 7 heavy (non-hydrogen) atoms. The molecule has 5 nitrogen and oxygen atoms in total. The zero-order valence-corrected chi connectivity index (χ0v) is 6.59. The Hall–Kier alpha value is 0.520. The van der Waals surface area contributed by atoms with Gasteiger partial charge in [0.2, 0.25) is 0 Å². The molecule has 0 aliphatic carbocycles. The van der Waals surface area contributed by atoms with Crippen LogP contribution in [0.2, 0.25) is 0 Å². The standard InChI is InChI=1S/ClH.N3.H3NO.Na/c;1-3-2;1-2;/h1H;;2H,1H2;/q;-1;;+1. The molecule has 0 aliphatic rings. The SMILES string of the molecule is Cl.NO.[N-]=[N+]=[N-].[Na+]. The van der Waals surface area contributed by atoms with E-state index >= 15 is 0 Å². The van der Waals surface area contributed by atoms with Crippen LogP contribution >= 0.6 is 12.4 Å². The van der Waals surface area contributed by atoms with Crippen LogP contribution in [0.3, 0.4) is 0 Å². The number of nitrogens with zero attached hydrogens (tertiary/aromatic N) is 3. The van der Waals surface area contributed by atoms with Gasteiger partial charge >= 0.3 is 29.6 Å². The quantitative estimate of drug-likeness (QED) is 0.127. The first-order chi connectivity index (χ1) is 2.41. The van der Waals surface area contributed by atoms with Crippen molar-refractivity contribution in [2.24, 2.45) is 5.90 Å². The topological polar surface area (TPSA) is 105 Å². The van der Waals surface area contributed by atoms with Crippen LogP contribution in [-0.2, 0) is 0 Å². The van der Waals surface area contributed by atoms with Crippen molar-refractivity contribution in [2.45, 2.75) is 0 Å². The fraction of sp³-hybridized carbons (Fsp3) is 0. The van der Waals surface area contributed by atoms with Gasteiger partial charge in [-0.1, -0.05) is 0 Å². The van der Waals surface area contributed by atoms with Gasteiger partial charge in [-0.2, -0.15) is 0 Å². The first-order valence-corrected chi connectivity index (χ1v) is 0.658. The Morgan fingerprint density at radius 1 is 1.29 bits per heavy atom. The van der Waals surface area contributed by atoms with E-state index in [0.717, 1.165) is 0 Å².